The number of fused-ring (bicyclic) bond motifs is 1. The van der Waals surface area contributed by atoms with E-state index in [1.807, 2.05) is 42.5 Å². The first-order chi connectivity index (χ1) is 12.7. The maximum Gasteiger partial charge on any atom is 0.338 e. The molecule has 4 nitrogen and oxygen atoms in total. The lowest BCUT2D eigenvalue weighted by atomic mass is 10.1. The number of esters is 1. The van der Waals surface area contributed by atoms with Crippen LogP contribution >= 0.6 is 11.8 Å². The number of nitrogens with zero attached hydrogens (tertiary/aromatic N) is 1. The van der Waals surface area contributed by atoms with Crippen LogP contribution in [0.25, 0.3) is 22.6 Å². The normalized spacial score (nSPS) is 10.8. The molecule has 5 heteroatoms. The van der Waals surface area contributed by atoms with E-state index in [0.29, 0.717) is 22.6 Å². The van der Waals surface area contributed by atoms with Gasteiger partial charge in [-0.2, -0.15) is 0 Å². The van der Waals surface area contributed by atoms with Crippen molar-refractivity contribution in [2.24, 2.45) is 0 Å². The van der Waals surface area contributed by atoms with Crippen LogP contribution in [-0.4, -0.2) is 18.1 Å². The summed E-state index contributed by atoms with van der Waals surface area (Å²) in [4.78, 5) is 18.7. The zero-order chi connectivity index (χ0) is 17.9. The van der Waals surface area contributed by atoms with Gasteiger partial charge in [0, 0.05) is 9.79 Å². The minimum Gasteiger partial charge on any atom is -0.465 e. The van der Waals surface area contributed by atoms with E-state index in [9.17, 15) is 4.79 Å². The third kappa shape index (κ3) is 3.21. The summed E-state index contributed by atoms with van der Waals surface area (Å²) in [6, 6.07) is 23.2. The summed E-state index contributed by atoms with van der Waals surface area (Å²) in [7, 11) is 1.36. The Labute approximate surface area is 154 Å². The zero-order valence-electron chi connectivity index (χ0n) is 14.0. The van der Waals surface area contributed by atoms with Gasteiger partial charge >= 0.3 is 5.97 Å². The Morgan fingerprint density at radius 3 is 2.54 bits per heavy atom. The number of benzene rings is 3. The molecule has 4 aromatic rings. The summed E-state index contributed by atoms with van der Waals surface area (Å²) < 4.78 is 10.8. The highest BCUT2D eigenvalue weighted by atomic mass is 32.2. The Balaban J connectivity index is 1.72. The molecule has 0 aliphatic heterocycles. The van der Waals surface area contributed by atoms with E-state index < -0.39 is 5.97 Å². The monoisotopic (exact) mass is 361 g/mol. The van der Waals surface area contributed by atoms with Crippen molar-refractivity contribution < 1.29 is 13.9 Å². The summed E-state index contributed by atoms with van der Waals surface area (Å²) in [5.74, 6) is -0.00830. The van der Waals surface area contributed by atoms with Crippen LogP contribution in [0.1, 0.15) is 10.4 Å². The number of oxazole rings is 1. The van der Waals surface area contributed by atoms with E-state index >= 15 is 0 Å². The molecule has 1 aromatic heterocycles. The van der Waals surface area contributed by atoms with Crippen molar-refractivity contribution in [3.8, 4) is 11.5 Å². The van der Waals surface area contributed by atoms with Crippen LogP contribution in [0.15, 0.2) is 87.0 Å². The number of hydrogen-bond acceptors (Lipinski definition) is 5. The Morgan fingerprint density at radius 2 is 1.73 bits per heavy atom. The molecule has 0 atom stereocenters. The van der Waals surface area contributed by atoms with Gasteiger partial charge in [-0.05, 0) is 42.5 Å². The molecule has 0 amide bonds. The van der Waals surface area contributed by atoms with Gasteiger partial charge in [-0.1, -0.05) is 42.1 Å². The number of hydrogen-bond donors (Lipinski definition) is 0. The smallest absolute Gasteiger partial charge is 0.338 e. The molecule has 0 fully saturated rings. The average Bonchev–Trinajstić information content (AvgIpc) is 3.11. The fraction of sp³-hybridized carbons (Fsp3) is 0.0476. The summed E-state index contributed by atoms with van der Waals surface area (Å²) in [6.07, 6.45) is 0. The standard InChI is InChI=1S/C21H15NO3S/c1-24-21(23)17-10-6-5-9-16(17)20-22-18-12-11-15(13-19(18)25-20)26-14-7-3-2-4-8-14/h2-13H,1H3. The van der Waals surface area contributed by atoms with Crippen LogP contribution in [0.4, 0.5) is 0 Å². The highest BCUT2D eigenvalue weighted by Crippen LogP contribution is 2.32. The van der Waals surface area contributed by atoms with E-state index in [1.54, 1.807) is 30.0 Å². The van der Waals surface area contributed by atoms with Gasteiger partial charge in [0.25, 0.3) is 0 Å². The fourth-order valence-corrected chi connectivity index (χ4v) is 3.53. The summed E-state index contributed by atoms with van der Waals surface area (Å²) in [6.45, 7) is 0. The third-order valence-electron chi connectivity index (χ3n) is 3.90. The molecule has 128 valence electrons. The Kier molecular flexibility index (Phi) is 4.46. The van der Waals surface area contributed by atoms with Crippen LogP contribution in [0.3, 0.4) is 0 Å². The molecule has 0 N–H and O–H groups in total. The second-order valence-electron chi connectivity index (χ2n) is 5.60. The van der Waals surface area contributed by atoms with Crippen molar-refractivity contribution in [1.82, 2.24) is 4.98 Å². The van der Waals surface area contributed by atoms with Gasteiger partial charge in [-0.25, -0.2) is 9.78 Å². The fourth-order valence-electron chi connectivity index (χ4n) is 2.67. The minimum absolute atomic E-state index is 0.405. The molecule has 0 spiro atoms. The van der Waals surface area contributed by atoms with Crippen LogP contribution < -0.4 is 0 Å². The number of carbonyl (C=O) groups is 1. The van der Waals surface area contributed by atoms with Crippen molar-refractivity contribution in [1.29, 1.82) is 0 Å². The summed E-state index contributed by atoms with van der Waals surface area (Å²) in [5, 5.41) is 0. The Bertz CT molecular complexity index is 1070. The summed E-state index contributed by atoms with van der Waals surface area (Å²) >= 11 is 1.66. The molecule has 1 heterocycles. The number of carbonyl (C=O) groups excluding carboxylic acids is 1. The molecule has 0 aliphatic carbocycles. The molecule has 0 saturated heterocycles. The van der Waals surface area contributed by atoms with Gasteiger partial charge < -0.3 is 9.15 Å². The van der Waals surface area contributed by atoms with Crippen LogP contribution in [-0.2, 0) is 4.74 Å². The van der Waals surface area contributed by atoms with Gasteiger partial charge in [-0.15, -0.1) is 0 Å². The molecule has 0 saturated carbocycles. The van der Waals surface area contributed by atoms with E-state index in [4.69, 9.17) is 9.15 Å². The van der Waals surface area contributed by atoms with Crippen molar-refractivity contribution in [2.45, 2.75) is 9.79 Å². The van der Waals surface area contributed by atoms with Gasteiger partial charge in [0.1, 0.15) is 5.52 Å². The molecule has 0 aliphatic rings. The largest absolute Gasteiger partial charge is 0.465 e. The minimum atomic E-state index is -0.414. The number of rotatable bonds is 4. The van der Waals surface area contributed by atoms with Crippen molar-refractivity contribution in [3.63, 3.8) is 0 Å². The third-order valence-corrected chi connectivity index (χ3v) is 4.90. The highest BCUT2D eigenvalue weighted by Gasteiger charge is 2.17. The Morgan fingerprint density at radius 1 is 0.962 bits per heavy atom. The van der Waals surface area contributed by atoms with Gasteiger partial charge in [-0.3, -0.25) is 0 Å². The second-order valence-corrected chi connectivity index (χ2v) is 6.75. The lowest BCUT2D eigenvalue weighted by Gasteiger charge is -2.03. The van der Waals surface area contributed by atoms with E-state index in [0.717, 1.165) is 15.3 Å². The second kappa shape index (κ2) is 7.06. The maximum absolute atomic E-state index is 12.0. The van der Waals surface area contributed by atoms with Gasteiger partial charge in [0.05, 0.1) is 18.2 Å². The van der Waals surface area contributed by atoms with Crippen LogP contribution in [0.5, 0.6) is 0 Å². The van der Waals surface area contributed by atoms with E-state index in [1.165, 1.54) is 7.11 Å². The van der Waals surface area contributed by atoms with Gasteiger partial charge in [0.15, 0.2) is 5.58 Å². The quantitative estimate of drug-likeness (QED) is 0.454. The Hall–Kier alpha value is -3.05. The molecule has 0 bridgehead atoms. The van der Waals surface area contributed by atoms with Crippen molar-refractivity contribution in [2.75, 3.05) is 7.11 Å². The highest BCUT2D eigenvalue weighted by molar-refractivity contribution is 7.99. The molecule has 3 aromatic carbocycles. The van der Waals surface area contributed by atoms with E-state index in [2.05, 4.69) is 17.1 Å². The topological polar surface area (TPSA) is 52.3 Å². The predicted molar refractivity (Wildman–Crippen MR) is 101 cm³/mol. The first kappa shape index (κ1) is 16.4. The molecule has 0 radical (unpaired) electrons. The van der Waals surface area contributed by atoms with E-state index in [-0.39, 0.29) is 0 Å². The number of methoxy groups -OCH3 is 1. The van der Waals surface area contributed by atoms with Crippen molar-refractivity contribution in [3.05, 3.63) is 78.4 Å². The molecule has 26 heavy (non-hydrogen) atoms. The van der Waals surface area contributed by atoms with Crippen LogP contribution in [0.2, 0.25) is 0 Å². The van der Waals surface area contributed by atoms with Crippen molar-refractivity contribution >= 4 is 28.8 Å². The zero-order valence-corrected chi connectivity index (χ0v) is 14.8. The first-order valence-corrected chi connectivity index (χ1v) is 8.87. The van der Waals surface area contributed by atoms with Crippen LogP contribution in [0, 0.1) is 0 Å². The predicted octanol–water partition coefficient (Wildman–Crippen LogP) is 5.43. The SMILES string of the molecule is COC(=O)c1ccccc1-c1nc2ccc(Sc3ccccc3)cc2o1. The first-order valence-electron chi connectivity index (χ1n) is 8.06. The molecular formula is C21H15NO3S. The average molecular weight is 361 g/mol. The number of aromatic nitrogens is 1. The lowest BCUT2D eigenvalue weighted by Crippen LogP contribution is -2.03. The summed E-state index contributed by atoms with van der Waals surface area (Å²) in [5.41, 5.74) is 2.48. The van der Waals surface area contributed by atoms with Gasteiger partial charge in [0.2, 0.25) is 5.89 Å². The lowest BCUT2D eigenvalue weighted by molar-refractivity contribution is 0.0601. The molecule has 4 rings (SSSR count). The molecule has 0 unspecified atom stereocenters. The number of ether oxygens (including phenoxy) is 1. The molecular weight excluding hydrogens is 346 g/mol. The maximum atomic E-state index is 12.0.